The van der Waals surface area contributed by atoms with Gasteiger partial charge in [-0.2, -0.15) is 0 Å². The average molecular weight is 410 g/mol. The summed E-state index contributed by atoms with van der Waals surface area (Å²) in [7, 11) is 0. The first-order valence-corrected chi connectivity index (χ1v) is 10.7. The van der Waals surface area contributed by atoms with Crippen LogP contribution < -0.4 is 15.8 Å². The Kier molecular flexibility index (Phi) is 8.27. The van der Waals surface area contributed by atoms with Crippen LogP contribution in [0.4, 0.5) is 0 Å². The molecule has 160 valence electrons. The smallest absolute Gasteiger partial charge is 0.223 e. The summed E-state index contributed by atoms with van der Waals surface area (Å²) in [5.74, 6) is 0.516. The van der Waals surface area contributed by atoms with Crippen LogP contribution in [0.25, 0.3) is 0 Å². The molecule has 2 aromatic carbocycles. The van der Waals surface area contributed by atoms with Crippen molar-refractivity contribution in [2.24, 2.45) is 5.73 Å². The van der Waals surface area contributed by atoms with Gasteiger partial charge in [-0.1, -0.05) is 42.5 Å². The Bertz CT molecular complexity index is 802. The maximum absolute atomic E-state index is 12.9. The van der Waals surface area contributed by atoms with E-state index in [0.29, 0.717) is 26.0 Å². The first kappa shape index (κ1) is 21.8. The number of ether oxygens (including phenoxy) is 1. The zero-order valence-electron chi connectivity index (χ0n) is 17.4. The molecule has 30 heavy (non-hydrogen) atoms. The van der Waals surface area contributed by atoms with Gasteiger partial charge >= 0.3 is 0 Å². The lowest BCUT2D eigenvalue weighted by atomic mass is 10.0. The van der Waals surface area contributed by atoms with Gasteiger partial charge in [-0.15, -0.1) is 0 Å². The van der Waals surface area contributed by atoms with Gasteiger partial charge in [0.1, 0.15) is 12.4 Å². The van der Waals surface area contributed by atoms with Gasteiger partial charge in [-0.3, -0.25) is 9.59 Å². The van der Waals surface area contributed by atoms with Gasteiger partial charge in [-0.05, 0) is 49.1 Å². The van der Waals surface area contributed by atoms with E-state index in [4.69, 9.17) is 10.5 Å². The molecule has 6 nitrogen and oxygen atoms in total. The topological polar surface area (TPSA) is 84.7 Å². The molecule has 1 fully saturated rings. The third-order valence-corrected chi connectivity index (χ3v) is 5.43. The molecule has 1 aliphatic rings. The monoisotopic (exact) mass is 409 g/mol. The number of nitrogens with two attached hydrogens (primary N) is 1. The molecule has 0 saturated carbocycles. The van der Waals surface area contributed by atoms with Gasteiger partial charge in [0, 0.05) is 32.0 Å². The number of nitrogens with zero attached hydrogens (tertiary/aromatic N) is 1. The number of amides is 2. The third kappa shape index (κ3) is 6.88. The van der Waals surface area contributed by atoms with Gasteiger partial charge in [-0.25, -0.2) is 0 Å². The van der Waals surface area contributed by atoms with E-state index in [9.17, 15) is 9.59 Å². The highest BCUT2D eigenvalue weighted by molar-refractivity contribution is 5.78. The van der Waals surface area contributed by atoms with E-state index in [1.165, 1.54) is 0 Å². The van der Waals surface area contributed by atoms with Crippen molar-refractivity contribution >= 4 is 11.8 Å². The fraction of sp³-hybridized carbons (Fsp3) is 0.417. The second kappa shape index (κ2) is 11.4. The van der Waals surface area contributed by atoms with Crippen LogP contribution in [-0.4, -0.2) is 42.4 Å². The van der Waals surface area contributed by atoms with Gasteiger partial charge in [0.25, 0.3) is 0 Å². The summed E-state index contributed by atoms with van der Waals surface area (Å²) in [4.78, 5) is 25.9. The molecule has 0 spiro atoms. The molecule has 0 bridgehead atoms. The van der Waals surface area contributed by atoms with E-state index in [1.54, 1.807) is 0 Å². The molecule has 1 heterocycles. The molecular weight excluding hydrogens is 378 g/mol. The van der Waals surface area contributed by atoms with E-state index < -0.39 is 0 Å². The Morgan fingerprint density at radius 2 is 1.80 bits per heavy atom. The number of carbonyl (C=O) groups is 2. The molecule has 3 rings (SSSR count). The molecule has 0 radical (unpaired) electrons. The van der Waals surface area contributed by atoms with Crippen LogP contribution in [0.2, 0.25) is 0 Å². The lowest BCUT2D eigenvalue weighted by Crippen LogP contribution is -2.49. The van der Waals surface area contributed by atoms with Crippen molar-refractivity contribution < 1.29 is 14.3 Å². The fourth-order valence-corrected chi connectivity index (χ4v) is 3.73. The largest absolute Gasteiger partial charge is 0.489 e. The highest BCUT2D eigenvalue weighted by atomic mass is 16.5. The van der Waals surface area contributed by atoms with Gasteiger partial charge in [0.15, 0.2) is 0 Å². The number of primary amides is 1. The van der Waals surface area contributed by atoms with Crippen LogP contribution >= 0.6 is 0 Å². The number of aryl methyl sites for hydroxylation is 1. The quantitative estimate of drug-likeness (QED) is 0.632. The highest BCUT2D eigenvalue weighted by Gasteiger charge is 2.25. The second-order valence-corrected chi connectivity index (χ2v) is 7.72. The first-order chi connectivity index (χ1) is 14.6. The van der Waals surface area contributed by atoms with Crippen LogP contribution in [0, 0.1) is 0 Å². The summed E-state index contributed by atoms with van der Waals surface area (Å²) in [6, 6.07) is 18.1. The molecule has 2 amide bonds. The van der Waals surface area contributed by atoms with E-state index >= 15 is 0 Å². The van der Waals surface area contributed by atoms with Crippen molar-refractivity contribution in [2.45, 2.75) is 44.8 Å². The van der Waals surface area contributed by atoms with Crippen molar-refractivity contribution in [1.82, 2.24) is 10.2 Å². The molecule has 1 atom stereocenters. The summed E-state index contributed by atoms with van der Waals surface area (Å²) < 4.78 is 5.82. The van der Waals surface area contributed by atoms with Crippen LogP contribution in [0.15, 0.2) is 54.6 Å². The molecule has 1 unspecified atom stereocenters. The number of hydrogen-bond donors (Lipinski definition) is 2. The summed E-state index contributed by atoms with van der Waals surface area (Å²) in [6.45, 7) is 2.68. The van der Waals surface area contributed by atoms with Crippen LogP contribution in [0.1, 0.15) is 36.8 Å². The van der Waals surface area contributed by atoms with Crippen LogP contribution in [0.5, 0.6) is 5.75 Å². The SMILES string of the molecule is NC(=O)CCN(C(=O)CCc1ccc(OCc2ccccc2)cc1)C1CCCNC1. The lowest BCUT2D eigenvalue weighted by Gasteiger charge is -2.34. The van der Waals surface area contributed by atoms with Gasteiger partial charge in [0.05, 0.1) is 0 Å². The Morgan fingerprint density at radius 3 is 2.47 bits per heavy atom. The average Bonchev–Trinajstić information content (AvgIpc) is 2.78. The minimum atomic E-state index is -0.373. The number of benzene rings is 2. The molecule has 6 heteroatoms. The molecule has 0 aliphatic carbocycles. The summed E-state index contributed by atoms with van der Waals surface area (Å²) in [5, 5.41) is 3.34. The van der Waals surface area contributed by atoms with E-state index in [2.05, 4.69) is 5.32 Å². The van der Waals surface area contributed by atoms with E-state index in [0.717, 1.165) is 42.8 Å². The number of rotatable bonds is 10. The second-order valence-electron chi connectivity index (χ2n) is 7.72. The third-order valence-electron chi connectivity index (χ3n) is 5.43. The number of hydrogen-bond acceptors (Lipinski definition) is 4. The summed E-state index contributed by atoms with van der Waals surface area (Å²) >= 11 is 0. The van der Waals surface area contributed by atoms with Crippen LogP contribution in [-0.2, 0) is 22.6 Å². The Balaban J connectivity index is 1.50. The Labute approximate surface area is 178 Å². The van der Waals surface area contributed by atoms with Gasteiger partial charge < -0.3 is 20.7 Å². The number of nitrogens with one attached hydrogen (secondary N) is 1. The molecule has 2 aromatic rings. The van der Waals surface area contributed by atoms with Crippen molar-refractivity contribution in [1.29, 1.82) is 0 Å². The first-order valence-electron chi connectivity index (χ1n) is 10.7. The predicted molar refractivity (Wildman–Crippen MR) is 117 cm³/mol. The summed E-state index contributed by atoms with van der Waals surface area (Å²) in [6.07, 6.45) is 3.28. The number of carbonyl (C=O) groups excluding carboxylic acids is 2. The molecule has 1 aliphatic heterocycles. The van der Waals surface area contributed by atoms with Crippen molar-refractivity contribution in [2.75, 3.05) is 19.6 Å². The maximum atomic E-state index is 12.9. The maximum Gasteiger partial charge on any atom is 0.223 e. The van der Waals surface area contributed by atoms with Crippen molar-refractivity contribution in [3.05, 3.63) is 65.7 Å². The molecule has 3 N–H and O–H groups in total. The van der Waals surface area contributed by atoms with Crippen molar-refractivity contribution in [3.8, 4) is 5.75 Å². The Morgan fingerprint density at radius 1 is 1.03 bits per heavy atom. The molecule has 0 aromatic heterocycles. The zero-order chi connectivity index (χ0) is 21.2. The van der Waals surface area contributed by atoms with Gasteiger partial charge in [0.2, 0.25) is 11.8 Å². The minimum absolute atomic E-state index is 0.0781. The minimum Gasteiger partial charge on any atom is -0.489 e. The van der Waals surface area contributed by atoms with E-state index in [-0.39, 0.29) is 24.3 Å². The zero-order valence-corrected chi connectivity index (χ0v) is 17.4. The highest BCUT2D eigenvalue weighted by Crippen LogP contribution is 2.17. The summed E-state index contributed by atoms with van der Waals surface area (Å²) in [5.41, 5.74) is 7.52. The van der Waals surface area contributed by atoms with Crippen LogP contribution in [0.3, 0.4) is 0 Å². The normalized spacial score (nSPS) is 16.1. The lowest BCUT2D eigenvalue weighted by molar-refractivity contribution is -0.134. The fourth-order valence-electron chi connectivity index (χ4n) is 3.73. The molecular formula is C24H31N3O3. The number of piperidine rings is 1. The van der Waals surface area contributed by atoms with Crippen molar-refractivity contribution in [3.63, 3.8) is 0 Å². The van der Waals surface area contributed by atoms with E-state index in [1.807, 2.05) is 59.5 Å². The standard InChI is InChI=1S/C24H31N3O3/c25-23(28)14-16-27(21-7-4-15-26-17-21)24(29)13-10-19-8-11-22(12-9-19)30-18-20-5-2-1-3-6-20/h1-3,5-6,8-9,11-12,21,26H,4,7,10,13-18H2,(H2,25,28). The predicted octanol–water partition coefficient (Wildman–Crippen LogP) is 2.65. The Hall–Kier alpha value is -2.86. The molecule has 1 saturated heterocycles.